The molecule has 3 rings (SSSR count). The molecule has 122 valence electrons. The Bertz CT molecular complexity index is 815. The standard InChI is InChI=1S/C19H17BrN2O2/c20-17-6-2-1-5-16(17)18-9-7-15(24-18)8-10-19(23)22-13-14-4-3-11-21-12-14/h1-7,9,11-12H,8,10,13H2,(H,22,23). The van der Waals surface area contributed by atoms with Gasteiger partial charge >= 0.3 is 0 Å². The number of aryl methyl sites for hydroxylation is 1. The Hall–Kier alpha value is -2.40. The SMILES string of the molecule is O=C(CCc1ccc(-c2ccccc2Br)o1)NCc1cccnc1. The molecule has 0 spiro atoms. The lowest BCUT2D eigenvalue weighted by Gasteiger charge is -2.04. The minimum atomic E-state index is -0.00213. The highest BCUT2D eigenvalue weighted by atomic mass is 79.9. The Kier molecular flexibility index (Phi) is 5.43. The average molecular weight is 385 g/mol. The molecule has 5 heteroatoms. The Morgan fingerprint density at radius 3 is 2.79 bits per heavy atom. The van der Waals surface area contributed by atoms with Gasteiger partial charge in [-0.15, -0.1) is 0 Å². The van der Waals surface area contributed by atoms with E-state index in [4.69, 9.17) is 4.42 Å². The van der Waals surface area contributed by atoms with Gasteiger partial charge in [-0.3, -0.25) is 9.78 Å². The van der Waals surface area contributed by atoms with Crippen LogP contribution < -0.4 is 5.32 Å². The monoisotopic (exact) mass is 384 g/mol. The minimum Gasteiger partial charge on any atom is -0.461 e. The first-order chi connectivity index (χ1) is 11.7. The van der Waals surface area contributed by atoms with Gasteiger partial charge in [0.1, 0.15) is 11.5 Å². The maximum Gasteiger partial charge on any atom is 0.220 e. The van der Waals surface area contributed by atoms with Crippen LogP contribution in [0.3, 0.4) is 0 Å². The topological polar surface area (TPSA) is 55.1 Å². The van der Waals surface area contributed by atoms with E-state index in [2.05, 4.69) is 26.2 Å². The van der Waals surface area contributed by atoms with E-state index in [9.17, 15) is 4.79 Å². The van der Waals surface area contributed by atoms with Crippen LogP contribution in [0.5, 0.6) is 0 Å². The van der Waals surface area contributed by atoms with E-state index < -0.39 is 0 Å². The first kappa shape index (κ1) is 16.5. The minimum absolute atomic E-state index is 0.00213. The molecular formula is C19H17BrN2O2. The molecule has 0 saturated heterocycles. The fraction of sp³-hybridized carbons (Fsp3) is 0.158. The van der Waals surface area contributed by atoms with Crippen LogP contribution in [-0.2, 0) is 17.8 Å². The van der Waals surface area contributed by atoms with Gasteiger partial charge in [-0.25, -0.2) is 0 Å². The number of aromatic nitrogens is 1. The molecule has 1 aromatic carbocycles. The lowest BCUT2D eigenvalue weighted by Crippen LogP contribution is -2.22. The molecule has 24 heavy (non-hydrogen) atoms. The number of halogens is 1. The molecule has 1 N–H and O–H groups in total. The second-order valence-electron chi connectivity index (χ2n) is 5.38. The predicted molar refractivity (Wildman–Crippen MR) is 96.2 cm³/mol. The number of benzene rings is 1. The number of rotatable bonds is 6. The van der Waals surface area contributed by atoms with Crippen molar-refractivity contribution in [3.8, 4) is 11.3 Å². The summed E-state index contributed by atoms with van der Waals surface area (Å²) in [5.41, 5.74) is 1.99. The molecule has 0 radical (unpaired) electrons. The summed E-state index contributed by atoms with van der Waals surface area (Å²) in [6.07, 6.45) is 4.42. The van der Waals surface area contributed by atoms with Crippen LogP contribution in [-0.4, -0.2) is 10.9 Å². The van der Waals surface area contributed by atoms with Gasteiger partial charge in [0, 0.05) is 41.8 Å². The van der Waals surface area contributed by atoms with Gasteiger partial charge in [0.05, 0.1) is 0 Å². The van der Waals surface area contributed by atoms with E-state index in [1.807, 2.05) is 48.5 Å². The van der Waals surface area contributed by atoms with Crippen molar-refractivity contribution < 1.29 is 9.21 Å². The largest absolute Gasteiger partial charge is 0.461 e. The molecule has 0 bridgehead atoms. The number of nitrogens with zero attached hydrogens (tertiary/aromatic N) is 1. The number of carbonyl (C=O) groups excluding carboxylic acids is 1. The van der Waals surface area contributed by atoms with Crippen molar-refractivity contribution in [2.24, 2.45) is 0 Å². The third kappa shape index (κ3) is 4.32. The molecule has 1 amide bonds. The molecule has 0 fully saturated rings. The summed E-state index contributed by atoms with van der Waals surface area (Å²) in [6.45, 7) is 0.493. The molecule has 0 aliphatic rings. The smallest absolute Gasteiger partial charge is 0.220 e. The molecule has 0 unspecified atom stereocenters. The summed E-state index contributed by atoms with van der Waals surface area (Å²) in [4.78, 5) is 16.0. The summed E-state index contributed by atoms with van der Waals surface area (Å²) in [7, 11) is 0. The fourth-order valence-corrected chi connectivity index (χ4v) is 2.83. The number of pyridine rings is 1. The molecule has 2 aromatic heterocycles. The number of nitrogens with one attached hydrogen (secondary N) is 1. The molecule has 0 aliphatic carbocycles. The zero-order valence-electron chi connectivity index (χ0n) is 13.0. The van der Waals surface area contributed by atoms with Gasteiger partial charge < -0.3 is 9.73 Å². The maximum absolute atomic E-state index is 11.9. The van der Waals surface area contributed by atoms with E-state index in [1.165, 1.54) is 0 Å². The number of furan rings is 1. The fourth-order valence-electron chi connectivity index (χ4n) is 2.35. The zero-order chi connectivity index (χ0) is 16.8. The molecule has 4 nitrogen and oxygen atoms in total. The maximum atomic E-state index is 11.9. The third-order valence-electron chi connectivity index (χ3n) is 3.61. The van der Waals surface area contributed by atoms with Crippen LogP contribution in [0.15, 0.2) is 69.8 Å². The Balaban J connectivity index is 1.52. The third-order valence-corrected chi connectivity index (χ3v) is 4.30. The second kappa shape index (κ2) is 7.93. The van der Waals surface area contributed by atoms with Gasteiger partial charge in [0.25, 0.3) is 0 Å². The second-order valence-corrected chi connectivity index (χ2v) is 6.24. The Labute approximate surface area is 149 Å². The van der Waals surface area contributed by atoms with Crippen molar-refractivity contribution in [3.05, 3.63) is 76.7 Å². The van der Waals surface area contributed by atoms with Crippen LogP contribution in [0.4, 0.5) is 0 Å². The number of carbonyl (C=O) groups is 1. The molecule has 0 aliphatic heterocycles. The average Bonchev–Trinajstić information content (AvgIpc) is 3.08. The van der Waals surface area contributed by atoms with Gasteiger partial charge in [0.15, 0.2) is 0 Å². The van der Waals surface area contributed by atoms with Gasteiger partial charge in [-0.1, -0.05) is 40.2 Å². The summed E-state index contributed by atoms with van der Waals surface area (Å²) in [5.74, 6) is 1.60. The summed E-state index contributed by atoms with van der Waals surface area (Å²) >= 11 is 3.52. The van der Waals surface area contributed by atoms with Crippen LogP contribution >= 0.6 is 15.9 Å². The quantitative estimate of drug-likeness (QED) is 0.686. The number of hydrogen-bond acceptors (Lipinski definition) is 3. The molecule has 2 heterocycles. The van der Waals surface area contributed by atoms with Crippen LogP contribution in [0, 0.1) is 0 Å². The van der Waals surface area contributed by atoms with E-state index in [0.717, 1.165) is 27.1 Å². The van der Waals surface area contributed by atoms with E-state index in [-0.39, 0.29) is 5.91 Å². The Morgan fingerprint density at radius 1 is 1.12 bits per heavy atom. The highest BCUT2D eigenvalue weighted by Crippen LogP contribution is 2.29. The first-order valence-corrected chi connectivity index (χ1v) is 8.51. The van der Waals surface area contributed by atoms with Crippen LogP contribution in [0.25, 0.3) is 11.3 Å². The van der Waals surface area contributed by atoms with Crippen molar-refractivity contribution in [2.45, 2.75) is 19.4 Å². The van der Waals surface area contributed by atoms with Crippen LogP contribution in [0.2, 0.25) is 0 Å². The van der Waals surface area contributed by atoms with Crippen molar-refractivity contribution in [2.75, 3.05) is 0 Å². The van der Waals surface area contributed by atoms with Crippen molar-refractivity contribution >= 4 is 21.8 Å². The van der Waals surface area contributed by atoms with Gasteiger partial charge in [-0.05, 0) is 29.8 Å². The van der Waals surface area contributed by atoms with Crippen molar-refractivity contribution in [1.29, 1.82) is 0 Å². The van der Waals surface area contributed by atoms with E-state index in [0.29, 0.717) is 19.4 Å². The summed E-state index contributed by atoms with van der Waals surface area (Å²) in [6, 6.07) is 15.5. The van der Waals surface area contributed by atoms with Gasteiger partial charge in [0.2, 0.25) is 5.91 Å². The zero-order valence-corrected chi connectivity index (χ0v) is 14.6. The molecular weight excluding hydrogens is 368 g/mol. The van der Waals surface area contributed by atoms with Crippen molar-refractivity contribution in [1.82, 2.24) is 10.3 Å². The summed E-state index contributed by atoms with van der Waals surface area (Å²) < 4.78 is 6.83. The van der Waals surface area contributed by atoms with Crippen LogP contribution in [0.1, 0.15) is 17.7 Å². The predicted octanol–water partition coefficient (Wildman–Crippen LogP) is 4.35. The Morgan fingerprint density at radius 2 is 2.00 bits per heavy atom. The normalized spacial score (nSPS) is 10.5. The summed E-state index contributed by atoms with van der Waals surface area (Å²) in [5, 5.41) is 2.89. The number of amides is 1. The first-order valence-electron chi connectivity index (χ1n) is 7.71. The van der Waals surface area contributed by atoms with Crippen molar-refractivity contribution in [3.63, 3.8) is 0 Å². The lowest BCUT2D eigenvalue weighted by atomic mass is 10.2. The highest BCUT2D eigenvalue weighted by molar-refractivity contribution is 9.10. The lowest BCUT2D eigenvalue weighted by molar-refractivity contribution is -0.121. The molecule has 3 aromatic rings. The van der Waals surface area contributed by atoms with E-state index >= 15 is 0 Å². The molecule has 0 saturated carbocycles. The number of hydrogen-bond donors (Lipinski definition) is 1. The molecule has 0 atom stereocenters. The van der Waals surface area contributed by atoms with Gasteiger partial charge in [-0.2, -0.15) is 0 Å². The highest BCUT2D eigenvalue weighted by Gasteiger charge is 2.09. The van der Waals surface area contributed by atoms with E-state index in [1.54, 1.807) is 12.4 Å².